The molecule has 3 nitrogen and oxygen atoms in total. The van der Waals surface area contributed by atoms with Gasteiger partial charge in [-0.3, -0.25) is 4.99 Å². The molecular formula is C10H15NO2S. The summed E-state index contributed by atoms with van der Waals surface area (Å²) in [5.74, 6) is 0.461. The summed E-state index contributed by atoms with van der Waals surface area (Å²) >= 11 is 1.77. The first-order valence-electron chi connectivity index (χ1n) is 4.95. The Morgan fingerprint density at radius 3 is 3.00 bits per heavy atom. The van der Waals surface area contributed by atoms with Crippen LogP contribution in [-0.4, -0.2) is 28.9 Å². The molecule has 14 heavy (non-hydrogen) atoms. The van der Waals surface area contributed by atoms with Crippen molar-refractivity contribution in [3.8, 4) is 0 Å². The minimum atomic E-state index is -0.248. The highest BCUT2D eigenvalue weighted by atomic mass is 32.2. The summed E-state index contributed by atoms with van der Waals surface area (Å²) in [5.41, 5.74) is 0. The van der Waals surface area contributed by atoms with E-state index in [-0.39, 0.29) is 16.8 Å². The second kappa shape index (κ2) is 3.26. The lowest BCUT2D eigenvalue weighted by molar-refractivity contribution is -0.142. The van der Waals surface area contributed by atoms with Crippen molar-refractivity contribution in [1.82, 2.24) is 0 Å². The quantitative estimate of drug-likeness (QED) is 0.657. The maximum absolute atomic E-state index is 11.5. The Kier molecular flexibility index (Phi) is 2.33. The Morgan fingerprint density at radius 1 is 1.79 bits per heavy atom. The Balaban J connectivity index is 2.18. The summed E-state index contributed by atoms with van der Waals surface area (Å²) in [4.78, 5) is 15.9. The average molecular weight is 213 g/mol. The zero-order valence-corrected chi connectivity index (χ0v) is 9.56. The van der Waals surface area contributed by atoms with E-state index in [4.69, 9.17) is 4.74 Å². The average Bonchev–Trinajstić information content (AvgIpc) is 2.76. The van der Waals surface area contributed by atoms with Crippen LogP contribution in [0.1, 0.15) is 26.7 Å². The van der Waals surface area contributed by atoms with Gasteiger partial charge in [0, 0.05) is 0 Å². The van der Waals surface area contributed by atoms with Gasteiger partial charge in [0.05, 0.1) is 16.9 Å². The van der Waals surface area contributed by atoms with Crippen LogP contribution in [0, 0.1) is 5.92 Å². The Labute approximate surface area is 88.3 Å². The van der Waals surface area contributed by atoms with Crippen LogP contribution in [0.4, 0.5) is 0 Å². The zero-order valence-electron chi connectivity index (χ0n) is 8.74. The fourth-order valence-electron chi connectivity index (χ4n) is 2.29. The molecule has 0 aromatic rings. The van der Waals surface area contributed by atoms with Crippen molar-refractivity contribution in [2.45, 2.75) is 37.5 Å². The molecule has 1 aliphatic carbocycles. The van der Waals surface area contributed by atoms with Crippen LogP contribution in [0.2, 0.25) is 0 Å². The van der Waals surface area contributed by atoms with E-state index in [0.29, 0.717) is 5.92 Å². The van der Waals surface area contributed by atoms with Crippen LogP contribution in [-0.2, 0) is 9.53 Å². The molecule has 0 amide bonds. The third-order valence-corrected chi connectivity index (χ3v) is 4.63. The van der Waals surface area contributed by atoms with Crippen molar-refractivity contribution in [3.05, 3.63) is 0 Å². The molecular weight excluding hydrogens is 198 g/mol. The molecule has 1 fully saturated rings. The number of thioether (sulfide) groups is 1. The van der Waals surface area contributed by atoms with Crippen LogP contribution in [0.5, 0.6) is 0 Å². The first-order valence-corrected chi connectivity index (χ1v) is 5.77. The standard InChI is InChI=1S/C10H15NO2S/c1-4-7-5-10(7)8(9(12)13-3)11-6(2)14-10/h7-8H,4-5H2,1-3H3. The van der Waals surface area contributed by atoms with Crippen molar-refractivity contribution in [2.24, 2.45) is 10.9 Å². The smallest absolute Gasteiger partial charge is 0.332 e. The van der Waals surface area contributed by atoms with Gasteiger partial charge < -0.3 is 4.74 Å². The van der Waals surface area contributed by atoms with E-state index in [2.05, 4.69) is 11.9 Å². The number of aliphatic imine (C=N–C) groups is 1. The number of hydrogen-bond acceptors (Lipinski definition) is 4. The lowest BCUT2D eigenvalue weighted by Crippen LogP contribution is -2.31. The molecule has 0 saturated heterocycles. The van der Waals surface area contributed by atoms with Gasteiger partial charge in [-0.1, -0.05) is 13.3 Å². The highest BCUT2D eigenvalue weighted by Gasteiger charge is 2.64. The van der Waals surface area contributed by atoms with Gasteiger partial charge in [-0.2, -0.15) is 0 Å². The van der Waals surface area contributed by atoms with Crippen LogP contribution in [0.25, 0.3) is 0 Å². The van der Waals surface area contributed by atoms with Gasteiger partial charge in [-0.05, 0) is 19.3 Å². The number of rotatable bonds is 2. The Morgan fingerprint density at radius 2 is 2.50 bits per heavy atom. The number of hydrogen-bond donors (Lipinski definition) is 0. The molecule has 3 unspecified atom stereocenters. The third-order valence-electron chi connectivity index (χ3n) is 3.13. The molecule has 1 saturated carbocycles. The lowest BCUT2D eigenvalue weighted by Gasteiger charge is -2.14. The number of methoxy groups -OCH3 is 1. The number of carbonyl (C=O) groups is 1. The van der Waals surface area contributed by atoms with Crippen molar-refractivity contribution >= 4 is 22.8 Å². The van der Waals surface area contributed by atoms with Crippen molar-refractivity contribution in [2.75, 3.05) is 7.11 Å². The van der Waals surface area contributed by atoms with Crippen molar-refractivity contribution < 1.29 is 9.53 Å². The van der Waals surface area contributed by atoms with Crippen molar-refractivity contribution in [3.63, 3.8) is 0 Å². The summed E-state index contributed by atoms with van der Waals surface area (Å²) in [7, 11) is 1.44. The first-order chi connectivity index (χ1) is 6.64. The Hall–Kier alpha value is -0.510. The molecule has 0 aromatic heterocycles. The zero-order chi connectivity index (χ0) is 10.3. The second-order valence-electron chi connectivity index (χ2n) is 3.94. The van der Waals surface area contributed by atoms with Gasteiger partial charge in [-0.25, -0.2) is 4.79 Å². The molecule has 0 bridgehead atoms. The van der Waals surface area contributed by atoms with Crippen LogP contribution in [0.15, 0.2) is 4.99 Å². The second-order valence-corrected chi connectivity index (χ2v) is 5.50. The molecule has 2 rings (SSSR count). The summed E-state index contributed by atoms with van der Waals surface area (Å²) in [5, 5.41) is 1.02. The number of nitrogens with zero attached hydrogens (tertiary/aromatic N) is 1. The van der Waals surface area contributed by atoms with E-state index in [9.17, 15) is 4.79 Å². The molecule has 0 aromatic carbocycles. The Bertz CT molecular complexity index is 302. The molecule has 1 heterocycles. The third kappa shape index (κ3) is 1.28. The van der Waals surface area contributed by atoms with E-state index in [1.54, 1.807) is 11.8 Å². The molecule has 4 heteroatoms. The molecule has 1 aliphatic heterocycles. The number of esters is 1. The van der Waals surface area contributed by atoms with Crippen LogP contribution < -0.4 is 0 Å². The highest BCUT2D eigenvalue weighted by molar-refractivity contribution is 8.15. The fourth-order valence-corrected chi connectivity index (χ4v) is 3.87. The SMILES string of the molecule is CCC1CC12SC(C)=NC2C(=O)OC. The van der Waals surface area contributed by atoms with Gasteiger partial charge in [0.25, 0.3) is 0 Å². The van der Waals surface area contributed by atoms with Crippen molar-refractivity contribution in [1.29, 1.82) is 0 Å². The number of carbonyl (C=O) groups excluding carboxylic acids is 1. The molecule has 3 atom stereocenters. The minimum Gasteiger partial charge on any atom is -0.467 e. The topological polar surface area (TPSA) is 38.7 Å². The largest absolute Gasteiger partial charge is 0.467 e. The van der Waals surface area contributed by atoms with Gasteiger partial charge in [0.1, 0.15) is 0 Å². The summed E-state index contributed by atoms with van der Waals surface area (Å²) in [6.07, 6.45) is 2.23. The molecule has 0 radical (unpaired) electrons. The predicted octanol–water partition coefficient (Wildman–Crippen LogP) is 1.86. The molecule has 78 valence electrons. The summed E-state index contributed by atoms with van der Waals surface area (Å²) in [6, 6.07) is -0.248. The first kappa shape index (κ1) is 10.0. The van der Waals surface area contributed by atoms with Gasteiger partial charge in [0.15, 0.2) is 6.04 Å². The molecule has 0 N–H and O–H groups in total. The predicted molar refractivity (Wildman–Crippen MR) is 57.6 cm³/mol. The van der Waals surface area contributed by atoms with E-state index in [1.807, 2.05) is 6.92 Å². The van der Waals surface area contributed by atoms with E-state index < -0.39 is 0 Å². The maximum atomic E-state index is 11.5. The normalized spacial score (nSPS) is 39.8. The van der Waals surface area contributed by atoms with Crippen LogP contribution in [0.3, 0.4) is 0 Å². The van der Waals surface area contributed by atoms with Gasteiger partial charge in [0.2, 0.25) is 0 Å². The summed E-state index contributed by atoms with van der Waals surface area (Å²) < 4.78 is 4.85. The van der Waals surface area contributed by atoms with E-state index in [1.165, 1.54) is 7.11 Å². The fraction of sp³-hybridized carbons (Fsp3) is 0.800. The monoisotopic (exact) mass is 213 g/mol. The lowest BCUT2D eigenvalue weighted by atomic mass is 10.1. The molecule has 1 spiro atoms. The minimum absolute atomic E-state index is 0.0614. The summed E-state index contributed by atoms with van der Waals surface area (Å²) in [6.45, 7) is 4.14. The van der Waals surface area contributed by atoms with E-state index >= 15 is 0 Å². The van der Waals surface area contributed by atoms with Crippen LogP contribution >= 0.6 is 11.8 Å². The number of ether oxygens (including phenoxy) is 1. The molecule has 2 aliphatic rings. The van der Waals surface area contributed by atoms with Gasteiger partial charge in [-0.15, -0.1) is 11.8 Å². The highest BCUT2D eigenvalue weighted by Crippen LogP contribution is 2.62. The van der Waals surface area contributed by atoms with Gasteiger partial charge >= 0.3 is 5.97 Å². The maximum Gasteiger partial charge on any atom is 0.332 e. The van der Waals surface area contributed by atoms with E-state index in [0.717, 1.165) is 17.9 Å².